The molecule has 0 bridgehead atoms. The van der Waals surface area contributed by atoms with Gasteiger partial charge in [-0.25, -0.2) is 17.9 Å². The van der Waals surface area contributed by atoms with Gasteiger partial charge in [-0.05, 0) is 41.8 Å². The molecule has 0 spiro atoms. The lowest BCUT2D eigenvalue weighted by atomic mass is 10.1. The number of sulfonamides is 1. The van der Waals surface area contributed by atoms with Gasteiger partial charge in [0.1, 0.15) is 5.82 Å². The summed E-state index contributed by atoms with van der Waals surface area (Å²) in [4.78, 5) is 4.17. The van der Waals surface area contributed by atoms with E-state index in [1.54, 1.807) is 25.2 Å². The van der Waals surface area contributed by atoms with Crippen LogP contribution in [0.5, 0.6) is 0 Å². The van der Waals surface area contributed by atoms with Crippen molar-refractivity contribution in [2.75, 3.05) is 13.6 Å². The third-order valence-corrected chi connectivity index (χ3v) is 4.42. The average molecular weight is 364 g/mol. The van der Waals surface area contributed by atoms with Gasteiger partial charge in [-0.3, -0.25) is 4.99 Å². The molecule has 0 aliphatic carbocycles. The van der Waals surface area contributed by atoms with E-state index in [4.69, 9.17) is 5.14 Å². The Morgan fingerprint density at radius 3 is 2.52 bits per heavy atom. The fraction of sp³-hybridized carbons (Fsp3) is 0.235. The first-order valence-electron chi connectivity index (χ1n) is 7.69. The number of aliphatic imine (C=N–C) groups is 1. The lowest BCUT2D eigenvalue weighted by molar-refractivity contribution is 0.597. The molecular formula is C17H21FN4O2S. The Bertz CT molecular complexity index is 853. The normalized spacial score (nSPS) is 12.0. The Kier molecular flexibility index (Phi) is 6.49. The third kappa shape index (κ3) is 6.17. The summed E-state index contributed by atoms with van der Waals surface area (Å²) >= 11 is 0. The molecule has 0 saturated heterocycles. The largest absolute Gasteiger partial charge is 0.356 e. The van der Waals surface area contributed by atoms with Crippen molar-refractivity contribution in [3.8, 4) is 0 Å². The van der Waals surface area contributed by atoms with Crippen molar-refractivity contribution in [2.24, 2.45) is 10.1 Å². The smallest absolute Gasteiger partial charge is 0.238 e. The summed E-state index contributed by atoms with van der Waals surface area (Å²) in [5.41, 5.74) is 1.66. The number of rotatable bonds is 6. The first-order valence-corrected chi connectivity index (χ1v) is 9.24. The monoisotopic (exact) mass is 364 g/mol. The van der Waals surface area contributed by atoms with Crippen LogP contribution >= 0.6 is 0 Å². The highest BCUT2D eigenvalue weighted by Gasteiger charge is 2.08. The molecule has 2 aromatic rings. The number of halogens is 1. The molecule has 0 saturated carbocycles. The van der Waals surface area contributed by atoms with Crippen molar-refractivity contribution in [2.45, 2.75) is 17.9 Å². The summed E-state index contributed by atoms with van der Waals surface area (Å²) < 4.78 is 35.9. The van der Waals surface area contributed by atoms with Gasteiger partial charge in [0.2, 0.25) is 10.0 Å². The Balaban J connectivity index is 1.86. The van der Waals surface area contributed by atoms with Crippen molar-refractivity contribution in [1.82, 2.24) is 10.6 Å². The summed E-state index contributed by atoms with van der Waals surface area (Å²) in [7, 11) is -2.08. The molecule has 6 nitrogen and oxygen atoms in total. The zero-order valence-electron chi connectivity index (χ0n) is 13.9. The van der Waals surface area contributed by atoms with E-state index >= 15 is 0 Å². The topological polar surface area (TPSA) is 96.6 Å². The van der Waals surface area contributed by atoms with E-state index in [0.717, 1.165) is 11.1 Å². The maximum Gasteiger partial charge on any atom is 0.238 e. The molecule has 0 atom stereocenters. The van der Waals surface area contributed by atoms with Crippen LogP contribution in [-0.4, -0.2) is 28.0 Å². The number of hydrogen-bond acceptors (Lipinski definition) is 3. The second-order valence-corrected chi connectivity index (χ2v) is 6.99. The van der Waals surface area contributed by atoms with E-state index in [2.05, 4.69) is 15.6 Å². The minimum atomic E-state index is -3.72. The molecule has 2 aromatic carbocycles. The summed E-state index contributed by atoms with van der Waals surface area (Å²) in [5.74, 6) is 0.312. The number of hydrogen-bond donors (Lipinski definition) is 3. The first-order chi connectivity index (χ1) is 11.9. The van der Waals surface area contributed by atoms with Gasteiger partial charge >= 0.3 is 0 Å². The summed E-state index contributed by atoms with van der Waals surface area (Å²) in [5, 5.41) is 11.3. The van der Waals surface area contributed by atoms with Crippen LogP contribution in [0.2, 0.25) is 0 Å². The number of primary sulfonamides is 1. The van der Waals surface area contributed by atoms with E-state index in [0.29, 0.717) is 25.5 Å². The van der Waals surface area contributed by atoms with Crippen LogP contribution in [-0.2, 0) is 23.0 Å². The van der Waals surface area contributed by atoms with E-state index in [9.17, 15) is 12.8 Å². The van der Waals surface area contributed by atoms with E-state index in [1.807, 2.05) is 6.07 Å². The standard InChI is InChI=1S/C17H21FN4O2S/c1-20-17(21-9-8-13-4-2-6-15(18)10-13)22-12-14-5-3-7-16(11-14)25(19,23)24/h2-7,10-11H,8-9,12H2,1H3,(H2,19,23,24)(H2,20,21,22). The number of benzene rings is 2. The van der Waals surface area contributed by atoms with Crippen molar-refractivity contribution in [3.63, 3.8) is 0 Å². The van der Waals surface area contributed by atoms with Gasteiger partial charge in [0, 0.05) is 20.1 Å². The second kappa shape index (κ2) is 8.59. The first kappa shape index (κ1) is 18.9. The van der Waals surface area contributed by atoms with Crippen LogP contribution in [0.1, 0.15) is 11.1 Å². The number of guanidine groups is 1. The van der Waals surface area contributed by atoms with Gasteiger partial charge in [0.05, 0.1) is 4.90 Å². The van der Waals surface area contributed by atoms with E-state index in [-0.39, 0.29) is 10.7 Å². The van der Waals surface area contributed by atoms with Crippen LogP contribution in [0.15, 0.2) is 58.4 Å². The van der Waals surface area contributed by atoms with Crippen LogP contribution < -0.4 is 15.8 Å². The summed E-state index contributed by atoms with van der Waals surface area (Å²) in [6.45, 7) is 0.976. The third-order valence-electron chi connectivity index (χ3n) is 3.51. The molecule has 0 amide bonds. The number of nitrogens with zero attached hydrogens (tertiary/aromatic N) is 1. The Hall–Kier alpha value is -2.45. The van der Waals surface area contributed by atoms with Gasteiger partial charge in [-0.15, -0.1) is 0 Å². The molecule has 25 heavy (non-hydrogen) atoms. The molecule has 0 fully saturated rings. The molecule has 0 aliphatic heterocycles. The van der Waals surface area contributed by atoms with Gasteiger partial charge in [0.15, 0.2) is 5.96 Å². The number of nitrogens with one attached hydrogen (secondary N) is 2. The van der Waals surface area contributed by atoms with Gasteiger partial charge in [-0.1, -0.05) is 24.3 Å². The van der Waals surface area contributed by atoms with Crippen LogP contribution in [0.25, 0.3) is 0 Å². The van der Waals surface area contributed by atoms with Crippen LogP contribution in [0.3, 0.4) is 0 Å². The average Bonchev–Trinajstić information content (AvgIpc) is 2.57. The fourth-order valence-corrected chi connectivity index (χ4v) is 2.84. The molecule has 0 unspecified atom stereocenters. The molecule has 2 rings (SSSR count). The van der Waals surface area contributed by atoms with Crippen LogP contribution in [0, 0.1) is 5.82 Å². The maximum atomic E-state index is 13.1. The van der Waals surface area contributed by atoms with Crippen molar-refractivity contribution < 1.29 is 12.8 Å². The maximum absolute atomic E-state index is 13.1. The van der Waals surface area contributed by atoms with E-state index in [1.165, 1.54) is 24.3 Å². The molecular weight excluding hydrogens is 343 g/mol. The van der Waals surface area contributed by atoms with Crippen molar-refractivity contribution in [3.05, 3.63) is 65.5 Å². The molecule has 8 heteroatoms. The fourth-order valence-electron chi connectivity index (χ4n) is 2.26. The molecule has 0 aliphatic rings. The predicted molar refractivity (Wildman–Crippen MR) is 96.1 cm³/mol. The SMILES string of the molecule is CN=C(NCCc1cccc(F)c1)NCc1cccc(S(N)(=O)=O)c1. The number of nitrogens with two attached hydrogens (primary N) is 1. The highest BCUT2D eigenvalue weighted by Crippen LogP contribution is 2.09. The highest BCUT2D eigenvalue weighted by molar-refractivity contribution is 7.89. The summed E-state index contributed by atoms with van der Waals surface area (Å²) in [6.07, 6.45) is 0.652. The lowest BCUT2D eigenvalue weighted by Crippen LogP contribution is -2.37. The lowest BCUT2D eigenvalue weighted by Gasteiger charge is -2.12. The molecule has 0 aromatic heterocycles. The Labute approximate surface area is 147 Å². The van der Waals surface area contributed by atoms with Gasteiger partial charge in [-0.2, -0.15) is 0 Å². The zero-order valence-corrected chi connectivity index (χ0v) is 14.7. The molecule has 134 valence electrons. The van der Waals surface area contributed by atoms with Crippen LogP contribution in [0.4, 0.5) is 4.39 Å². The Morgan fingerprint density at radius 2 is 1.84 bits per heavy atom. The zero-order chi connectivity index (χ0) is 18.3. The molecule has 0 radical (unpaired) electrons. The highest BCUT2D eigenvalue weighted by atomic mass is 32.2. The quantitative estimate of drug-likeness (QED) is 0.533. The molecule has 0 heterocycles. The Morgan fingerprint density at radius 1 is 1.12 bits per heavy atom. The minimum Gasteiger partial charge on any atom is -0.356 e. The van der Waals surface area contributed by atoms with Crippen molar-refractivity contribution in [1.29, 1.82) is 0 Å². The second-order valence-electron chi connectivity index (χ2n) is 5.42. The van der Waals surface area contributed by atoms with E-state index < -0.39 is 10.0 Å². The predicted octanol–water partition coefficient (Wildman–Crippen LogP) is 1.38. The van der Waals surface area contributed by atoms with Gasteiger partial charge in [0.25, 0.3) is 0 Å². The minimum absolute atomic E-state index is 0.0702. The molecule has 4 N–H and O–H groups in total. The summed E-state index contributed by atoms with van der Waals surface area (Å²) in [6, 6.07) is 12.8. The van der Waals surface area contributed by atoms with Crippen molar-refractivity contribution >= 4 is 16.0 Å². The van der Waals surface area contributed by atoms with Gasteiger partial charge < -0.3 is 10.6 Å².